The highest BCUT2D eigenvalue weighted by Gasteiger charge is 2.33. The van der Waals surface area contributed by atoms with Gasteiger partial charge in [0.1, 0.15) is 0 Å². The van der Waals surface area contributed by atoms with Gasteiger partial charge in [-0.05, 0) is 38.0 Å². The molecule has 1 aromatic rings. The number of benzene rings is 1. The molecule has 1 aromatic carbocycles. The number of nitrogens with zero attached hydrogens (tertiary/aromatic N) is 3. The number of hydrogen-bond acceptors (Lipinski definition) is 5. The van der Waals surface area contributed by atoms with Crippen LogP contribution in [0.2, 0.25) is 0 Å². The summed E-state index contributed by atoms with van der Waals surface area (Å²) in [6.07, 6.45) is 2.10. The van der Waals surface area contributed by atoms with Gasteiger partial charge in [-0.15, -0.1) is 0 Å². The van der Waals surface area contributed by atoms with Gasteiger partial charge in [0.2, 0.25) is 15.9 Å². The normalized spacial score (nSPS) is 20.6. The van der Waals surface area contributed by atoms with Gasteiger partial charge in [-0.2, -0.15) is 9.57 Å². The smallest absolute Gasteiger partial charge is 0.243 e. The molecule has 0 aromatic heterocycles. The lowest BCUT2D eigenvalue weighted by Crippen LogP contribution is -2.55. The Morgan fingerprint density at radius 2 is 1.96 bits per heavy atom. The molecule has 1 N–H and O–H groups in total. The number of amides is 1. The molecule has 8 heteroatoms. The SMILES string of the molecule is CC(C(=O)NC1CC1)N1CCN(S(=O)(=O)c2cccc(C#N)c2)CC1. The maximum absolute atomic E-state index is 12.7. The highest BCUT2D eigenvalue weighted by Crippen LogP contribution is 2.21. The zero-order valence-corrected chi connectivity index (χ0v) is 15.0. The Bertz CT molecular complexity index is 790. The summed E-state index contributed by atoms with van der Waals surface area (Å²) < 4.78 is 26.9. The molecular formula is C17H22N4O3S. The molecule has 0 spiro atoms. The van der Waals surface area contributed by atoms with E-state index in [2.05, 4.69) is 5.32 Å². The van der Waals surface area contributed by atoms with E-state index in [-0.39, 0.29) is 16.8 Å². The van der Waals surface area contributed by atoms with Gasteiger partial charge in [-0.1, -0.05) is 6.07 Å². The van der Waals surface area contributed by atoms with Crippen molar-refractivity contribution < 1.29 is 13.2 Å². The monoisotopic (exact) mass is 362 g/mol. The van der Waals surface area contributed by atoms with Crippen LogP contribution in [0.3, 0.4) is 0 Å². The predicted octanol–water partition coefficient (Wildman–Crippen LogP) is 0.532. The molecular weight excluding hydrogens is 340 g/mol. The number of nitriles is 1. The molecule has 1 heterocycles. The van der Waals surface area contributed by atoms with Crippen molar-refractivity contribution in [1.29, 1.82) is 5.26 Å². The minimum absolute atomic E-state index is 0.0144. The van der Waals surface area contributed by atoms with Gasteiger partial charge in [0, 0.05) is 32.2 Å². The predicted molar refractivity (Wildman–Crippen MR) is 92.1 cm³/mol. The third kappa shape index (κ3) is 4.00. The molecule has 1 unspecified atom stereocenters. The number of nitrogens with one attached hydrogen (secondary N) is 1. The second-order valence-electron chi connectivity index (χ2n) is 6.54. The zero-order chi connectivity index (χ0) is 18.0. The molecule has 2 aliphatic rings. The van der Waals surface area contributed by atoms with Crippen LogP contribution in [-0.2, 0) is 14.8 Å². The van der Waals surface area contributed by atoms with Gasteiger partial charge in [0.05, 0.1) is 22.6 Å². The van der Waals surface area contributed by atoms with Gasteiger partial charge >= 0.3 is 0 Å². The highest BCUT2D eigenvalue weighted by molar-refractivity contribution is 7.89. The van der Waals surface area contributed by atoms with Gasteiger partial charge in [-0.25, -0.2) is 8.42 Å². The van der Waals surface area contributed by atoms with Crippen LogP contribution in [-0.4, -0.2) is 61.8 Å². The molecule has 2 fully saturated rings. The van der Waals surface area contributed by atoms with Crippen LogP contribution >= 0.6 is 0 Å². The van der Waals surface area contributed by atoms with E-state index in [0.717, 1.165) is 12.8 Å². The number of hydrogen-bond donors (Lipinski definition) is 1. The summed E-state index contributed by atoms with van der Waals surface area (Å²) in [5.74, 6) is 0.0144. The third-order valence-corrected chi connectivity index (χ3v) is 6.62. The minimum atomic E-state index is -3.62. The Kier molecular flexibility index (Phi) is 5.08. The first-order valence-electron chi connectivity index (χ1n) is 8.46. The molecule has 0 radical (unpaired) electrons. The van der Waals surface area contributed by atoms with Crippen molar-refractivity contribution in [3.63, 3.8) is 0 Å². The topological polar surface area (TPSA) is 93.5 Å². The van der Waals surface area contributed by atoms with Crippen LogP contribution in [0.5, 0.6) is 0 Å². The first-order chi connectivity index (χ1) is 11.9. The second-order valence-corrected chi connectivity index (χ2v) is 8.48. The van der Waals surface area contributed by atoms with Crippen LogP contribution in [0.25, 0.3) is 0 Å². The van der Waals surface area contributed by atoms with Crippen molar-refractivity contribution in [2.24, 2.45) is 0 Å². The van der Waals surface area contributed by atoms with Crippen molar-refractivity contribution in [2.45, 2.75) is 36.7 Å². The van der Waals surface area contributed by atoms with E-state index < -0.39 is 10.0 Å². The van der Waals surface area contributed by atoms with Crippen molar-refractivity contribution in [1.82, 2.24) is 14.5 Å². The average Bonchev–Trinajstić information content (AvgIpc) is 3.45. The van der Waals surface area contributed by atoms with E-state index in [1.807, 2.05) is 17.9 Å². The average molecular weight is 362 g/mol. The summed E-state index contributed by atoms with van der Waals surface area (Å²) in [6, 6.07) is 8.09. The van der Waals surface area contributed by atoms with Crippen molar-refractivity contribution in [3.8, 4) is 6.07 Å². The minimum Gasteiger partial charge on any atom is -0.352 e. The number of carbonyl (C=O) groups is 1. The summed E-state index contributed by atoms with van der Waals surface area (Å²) in [7, 11) is -3.62. The van der Waals surface area contributed by atoms with Gasteiger partial charge in [0.15, 0.2) is 0 Å². The van der Waals surface area contributed by atoms with E-state index in [1.54, 1.807) is 12.1 Å². The quantitative estimate of drug-likeness (QED) is 0.825. The molecule has 7 nitrogen and oxygen atoms in total. The van der Waals surface area contributed by atoms with Crippen molar-refractivity contribution in [2.75, 3.05) is 26.2 Å². The zero-order valence-electron chi connectivity index (χ0n) is 14.2. The van der Waals surface area contributed by atoms with E-state index in [4.69, 9.17) is 5.26 Å². The highest BCUT2D eigenvalue weighted by atomic mass is 32.2. The largest absolute Gasteiger partial charge is 0.352 e. The van der Waals surface area contributed by atoms with Gasteiger partial charge < -0.3 is 5.32 Å². The number of carbonyl (C=O) groups excluding carboxylic acids is 1. The number of sulfonamides is 1. The number of rotatable bonds is 5. The fourth-order valence-corrected chi connectivity index (χ4v) is 4.39. The third-order valence-electron chi connectivity index (χ3n) is 4.73. The van der Waals surface area contributed by atoms with Crippen molar-refractivity contribution >= 4 is 15.9 Å². The molecule has 25 heavy (non-hydrogen) atoms. The van der Waals surface area contributed by atoms with Crippen LogP contribution in [0.4, 0.5) is 0 Å². The molecule has 1 saturated carbocycles. The maximum atomic E-state index is 12.7. The molecule has 3 rings (SSSR count). The molecule has 1 atom stereocenters. The summed E-state index contributed by atoms with van der Waals surface area (Å²) in [5, 5.41) is 11.9. The Hall–Kier alpha value is -1.95. The summed E-state index contributed by atoms with van der Waals surface area (Å²) in [6.45, 7) is 3.55. The molecule has 0 bridgehead atoms. The van der Waals surface area contributed by atoms with Crippen LogP contribution in [0, 0.1) is 11.3 Å². The summed E-state index contributed by atoms with van der Waals surface area (Å²) in [5.41, 5.74) is 0.324. The molecule has 1 saturated heterocycles. The lowest BCUT2D eigenvalue weighted by Gasteiger charge is -2.36. The second kappa shape index (κ2) is 7.12. The van der Waals surface area contributed by atoms with E-state index in [0.29, 0.717) is 37.8 Å². The summed E-state index contributed by atoms with van der Waals surface area (Å²) in [4.78, 5) is 14.3. The first kappa shape index (κ1) is 17.9. The first-order valence-corrected chi connectivity index (χ1v) is 9.90. The maximum Gasteiger partial charge on any atom is 0.243 e. The van der Waals surface area contributed by atoms with E-state index >= 15 is 0 Å². The van der Waals surface area contributed by atoms with Crippen LogP contribution in [0.15, 0.2) is 29.2 Å². The Balaban J connectivity index is 1.62. The van der Waals surface area contributed by atoms with E-state index in [1.165, 1.54) is 16.4 Å². The van der Waals surface area contributed by atoms with Gasteiger partial charge in [0.25, 0.3) is 0 Å². The Labute approximate surface area is 148 Å². The van der Waals surface area contributed by atoms with Crippen LogP contribution < -0.4 is 5.32 Å². The fraction of sp³-hybridized carbons (Fsp3) is 0.529. The lowest BCUT2D eigenvalue weighted by atomic mass is 10.2. The lowest BCUT2D eigenvalue weighted by molar-refractivity contribution is -0.126. The van der Waals surface area contributed by atoms with Crippen molar-refractivity contribution in [3.05, 3.63) is 29.8 Å². The Morgan fingerprint density at radius 3 is 2.56 bits per heavy atom. The number of piperazine rings is 1. The Morgan fingerprint density at radius 1 is 1.28 bits per heavy atom. The fourth-order valence-electron chi connectivity index (χ4n) is 2.92. The molecule has 1 aliphatic carbocycles. The molecule has 134 valence electrons. The van der Waals surface area contributed by atoms with E-state index in [9.17, 15) is 13.2 Å². The van der Waals surface area contributed by atoms with Crippen LogP contribution in [0.1, 0.15) is 25.3 Å². The standard InChI is InChI=1S/C17H22N4O3S/c1-13(17(22)19-15-5-6-15)20-7-9-21(10-8-20)25(23,24)16-4-2-3-14(11-16)12-18/h2-4,11,13,15H,5-10H2,1H3,(H,19,22). The van der Waals surface area contributed by atoms with Gasteiger partial charge in [-0.3, -0.25) is 9.69 Å². The molecule has 1 amide bonds. The molecule has 1 aliphatic heterocycles. The summed E-state index contributed by atoms with van der Waals surface area (Å²) >= 11 is 0.